The molecular weight excluding hydrogens is 398 g/mol. The summed E-state index contributed by atoms with van der Waals surface area (Å²) in [4.78, 5) is 37.2. The molecule has 0 atom stereocenters. The quantitative estimate of drug-likeness (QED) is 0.508. The molecule has 2 rings (SSSR count). The monoisotopic (exact) mass is 431 g/mol. The number of hydrogen-bond donors (Lipinski definition) is 1. The van der Waals surface area contributed by atoms with E-state index in [4.69, 9.17) is 9.47 Å². The van der Waals surface area contributed by atoms with Crippen molar-refractivity contribution in [3.05, 3.63) is 45.7 Å². The van der Waals surface area contributed by atoms with Gasteiger partial charge in [0.25, 0.3) is 0 Å². The molecule has 1 heterocycles. The lowest BCUT2D eigenvalue weighted by Crippen LogP contribution is -2.45. The van der Waals surface area contributed by atoms with Crippen molar-refractivity contribution in [1.29, 1.82) is 0 Å². The van der Waals surface area contributed by atoms with Crippen LogP contribution in [0.3, 0.4) is 0 Å². The molecule has 0 spiro atoms. The normalized spacial score (nSPS) is 11.6. The fraction of sp³-hybridized carbons (Fsp3) is 0.522. The Balaban J connectivity index is 2.25. The SMILES string of the molecule is CCOC(=O)c1cn(CC)c2ccc(CCN(CC)NC(=O)OC(C)(C)C)cc2c1=O. The molecule has 8 nitrogen and oxygen atoms in total. The Hall–Kier alpha value is -2.87. The highest BCUT2D eigenvalue weighted by atomic mass is 16.6. The molecule has 8 heteroatoms. The highest BCUT2D eigenvalue weighted by Crippen LogP contribution is 2.16. The van der Waals surface area contributed by atoms with Crippen LogP contribution in [0.5, 0.6) is 0 Å². The molecule has 0 fully saturated rings. The van der Waals surface area contributed by atoms with Crippen LogP contribution >= 0.6 is 0 Å². The van der Waals surface area contributed by atoms with Gasteiger partial charge in [-0.1, -0.05) is 13.0 Å². The van der Waals surface area contributed by atoms with Gasteiger partial charge in [-0.25, -0.2) is 14.6 Å². The number of hydrazine groups is 1. The first-order chi connectivity index (χ1) is 14.6. The van der Waals surface area contributed by atoms with Gasteiger partial charge in [0.15, 0.2) is 0 Å². The number of carbonyl (C=O) groups is 2. The summed E-state index contributed by atoms with van der Waals surface area (Å²) < 4.78 is 12.2. The Morgan fingerprint density at radius 2 is 1.87 bits per heavy atom. The van der Waals surface area contributed by atoms with Crippen LogP contribution in [0, 0.1) is 0 Å². The lowest BCUT2D eigenvalue weighted by atomic mass is 10.1. The summed E-state index contributed by atoms with van der Waals surface area (Å²) in [5.41, 5.74) is 3.57. The lowest BCUT2D eigenvalue weighted by molar-refractivity contribution is 0.0338. The third kappa shape index (κ3) is 6.55. The molecule has 0 saturated heterocycles. The summed E-state index contributed by atoms with van der Waals surface area (Å²) in [6.45, 7) is 13.0. The number of hydrogen-bond acceptors (Lipinski definition) is 6. The summed E-state index contributed by atoms with van der Waals surface area (Å²) in [6.07, 6.45) is 1.67. The second kappa shape index (κ2) is 10.4. The predicted octanol–water partition coefficient (Wildman–Crippen LogP) is 3.50. The number of nitrogens with one attached hydrogen (secondary N) is 1. The fourth-order valence-corrected chi connectivity index (χ4v) is 3.20. The number of rotatable bonds is 8. The average molecular weight is 432 g/mol. The molecule has 0 saturated carbocycles. The van der Waals surface area contributed by atoms with Gasteiger partial charge in [0.2, 0.25) is 5.43 Å². The van der Waals surface area contributed by atoms with Crippen molar-refractivity contribution in [1.82, 2.24) is 15.0 Å². The molecule has 0 bridgehead atoms. The van der Waals surface area contributed by atoms with Gasteiger partial charge in [0, 0.05) is 31.2 Å². The molecular formula is C23H33N3O5. The molecule has 2 aromatic rings. The van der Waals surface area contributed by atoms with Gasteiger partial charge < -0.3 is 14.0 Å². The summed E-state index contributed by atoms with van der Waals surface area (Å²) >= 11 is 0. The molecule has 0 aliphatic rings. The van der Waals surface area contributed by atoms with Gasteiger partial charge in [0.05, 0.1) is 12.1 Å². The Morgan fingerprint density at radius 1 is 1.16 bits per heavy atom. The number of ether oxygens (including phenoxy) is 2. The van der Waals surface area contributed by atoms with Gasteiger partial charge in [-0.3, -0.25) is 10.2 Å². The minimum atomic E-state index is -0.610. The zero-order chi connectivity index (χ0) is 23.2. The molecule has 1 aromatic heterocycles. The fourth-order valence-electron chi connectivity index (χ4n) is 3.20. The Morgan fingerprint density at radius 3 is 2.45 bits per heavy atom. The molecule has 0 aliphatic heterocycles. The van der Waals surface area contributed by atoms with E-state index in [1.165, 1.54) is 0 Å². The number of likely N-dealkylation sites (N-methyl/N-ethyl adjacent to an activating group) is 1. The van der Waals surface area contributed by atoms with Crippen molar-refractivity contribution in [2.24, 2.45) is 0 Å². The van der Waals surface area contributed by atoms with Gasteiger partial charge >= 0.3 is 12.1 Å². The van der Waals surface area contributed by atoms with E-state index in [9.17, 15) is 14.4 Å². The van der Waals surface area contributed by atoms with Crippen molar-refractivity contribution in [2.45, 2.75) is 60.1 Å². The zero-order valence-corrected chi connectivity index (χ0v) is 19.3. The number of nitrogens with zero attached hydrogens (tertiary/aromatic N) is 2. The first-order valence-corrected chi connectivity index (χ1v) is 10.7. The van der Waals surface area contributed by atoms with Crippen LogP contribution in [0.1, 0.15) is 57.5 Å². The van der Waals surface area contributed by atoms with Crippen LogP contribution in [-0.2, 0) is 22.4 Å². The van der Waals surface area contributed by atoms with Crippen LogP contribution in [0.25, 0.3) is 10.9 Å². The number of fused-ring (bicyclic) bond motifs is 1. The number of aryl methyl sites for hydroxylation is 1. The van der Waals surface area contributed by atoms with E-state index in [-0.39, 0.29) is 17.6 Å². The van der Waals surface area contributed by atoms with Crippen molar-refractivity contribution in [2.75, 3.05) is 19.7 Å². The van der Waals surface area contributed by atoms with E-state index >= 15 is 0 Å². The lowest BCUT2D eigenvalue weighted by Gasteiger charge is -2.25. The molecule has 1 aromatic carbocycles. The summed E-state index contributed by atoms with van der Waals surface area (Å²) in [5, 5.41) is 2.24. The zero-order valence-electron chi connectivity index (χ0n) is 19.3. The van der Waals surface area contributed by atoms with Crippen LogP contribution in [0.4, 0.5) is 4.79 Å². The second-order valence-corrected chi connectivity index (χ2v) is 8.17. The Kier molecular flexibility index (Phi) is 8.21. The minimum Gasteiger partial charge on any atom is -0.462 e. The van der Waals surface area contributed by atoms with Crippen LogP contribution in [0.2, 0.25) is 0 Å². The van der Waals surface area contributed by atoms with Gasteiger partial charge in [-0.05, 0) is 58.7 Å². The maximum Gasteiger partial charge on any atom is 0.422 e. The minimum absolute atomic E-state index is 0.0372. The van der Waals surface area contributed by atoms with E-state index in [0.29, 0.717) is 31.4 Å². The van der Waals surface area contributed by atoms with E-state index in [2.05, 4.69) is 5.43 Å². The highest BCUT2D eigenvalue weighted by Gasteiger charge is 2.19. The molecule has 170 valence electrons. The van der Waals surface area contributed by atoms with Crippen molar-refractivity contribution in [3.63, 3.8) is 0 Å². The number of amides is 1. The Labute approximate surface area is 183 Å². The molecule has 1 N–H and O–H groups in total. The Bertz CT molecular complexity index is 991. The van der Waals surface area contributed by atoms with Crippen LogP contribution in [0.15, 0.2) is 29.2 Å². The van der Waals surface area contributed by atoms with Crippen LogP contribution < -0.4 is 10.9 Å². The van der Waals surface area contributed by atoms with Gasteiger partial charge in [-0.15, -0.1) is 0 Å². The first kappa shape index (κ1) is 24.4. The van der Waals surface area contributed by atoms with E-state index in [1.807, 2.05) is 57.4 Å². The predicted molar refractivity (Wildman–Crippen MR) is 120 cm³/mol. The van der Waals surface area contributed by atoms with Gasteiger partial charge in [-0.2, -0.15) is 0 Å². The number of pyridine rings is 1. The van der Waals surface area contributed by atoms with Crippen LogP contribution in [-0.4, -0.2) is 46.9 Å². The summed E-state index contributed by atoms with van der Waals surface area (Å²) in [5.74, 6) is -0.610. The van der Waals surface area contributed by atoms with Crippen molar-refractivity contribution < 1.29 is 19.1 Å². The molecule has 0 unspecified atom stereocenters. The third-order valence-electron chi connectivity index (χ3n) is 4.68. The number of carbonyl (C=O) groups excluding carboxylic acids is 2. The molecule has 0 aliphatic carbocycles. The number of esters is 1. The third-order valence-corrected chi connectivity index (χ3v) is 4.68. The van der Waals surface area contributed by atoms with E-state index in [1.54, 1.807) is 18.1 Å². The average Bonchev–Trinajstić information content (AvgIpc) is 2.70. The maximum absolute atomic E-state index is 12.9. The molecule has 1 amide bonds. The molecule has 31 heavy (non-hydrogen) atoms. The highest BCUT2D eigenvalue weighted by molar-refractivity contribution is 5.93. The topological polar surface area (TPSA) is 89.9 Å². The summed E-state index contributed by atoms with van der Waals surface area (Å²) in [6, 6.07) is 5.66. The summed E-state index contributed by atoms with van der Waals surface area (Å²) in [7, 11) is 0. The maximum atomic E-state index is 12.9. The van der Waals surface area contributed by atoms with Gasteiger partial charge in [0.1, 0.15) is 11.2 Å². The second-order valence-electron chi connectivity index (χ2n) is 8.17. The van der Waals surface area contributed by atoms with E-state index < -0.39 is 17.7 Å². The standard InChI is InChI=1S/C23H33N3O5/c1-7-25-15-18(21(28)30-9-3)20(27)17-14-16(10-11-19(17)25)12-13-26(8-2)24-22(29)31-23(4,5)6/h10-11,14-15H,7-9,12-13H2,1-6H3,(H,24,29). The van der Waals surface area contributed by atoms with Crippen molar-refractivity contribution >= 4 is 23.0 Å². The smallest absolute Gasteiger partial charge is 0.422 e. The van der Waals surface area contributed by atoms with E-state index in [0.717, 1.165) is 11.1 Å². The van der Waals surface area contributed by atoms with Crippen molar-refractivity contribution in [3.8, 4) is 0 Å². The number of benzene rings is 1. The first-order valence-electron chi connectivity index (χ1n) is 10.7. The molecule has 0 radical (unpaired) electrons. The number of aromatic nitrogens is 1. The largest absolute Gasteiger partial charge is 0.462 e.